The number of esters is 1. The number of carbonyl (C=O) groups excluding carboxylic acids is 1. The molecule has 1 aliphatic carbocycles. The van der Waals surface area contributed by atoms with Crippen molar-refractivity contribution in [2.24, 2.45) is 17.5 Å². The molecule has 1 saturated carbocycles. The normalized spacial score (nSPS) is 13.4. The van der Waals surface area contributed by atoms with Crippen molar-refractivity contribution in [2.45, 2.75) is 19.8 Å². The smallest absolute Gasteiger partial charge is 0.327 e. The molecular weight excluding hydrogens is 460 g/mol. The predicted molar refractivity (Wildman–Crippen MR) is 139 cm³/mol. The number of rotatable bonds is 11. The lowest BCUT2D eigenvalue weighted by Gasteiger charge is -2.26. The summed E-state index contributed by atoms with van der Waals surface area (Å²) in [7, 11) is 3.29. The highest BCUT2D eigenvalue weighted by Crippen LogP contribution is 2.38. The second-order valence-electron chi connectivity index (χ2n) is 8.61. The number of carbonyl (C=O) groups is 1. The number of aromatic nitrogens is 2. The summed E-state index contributed by atoms with van der Waals surface area (Å²) in [6.45, 7) is 2.76. The van der Waals surface area contributed by atoms with Gasteiger partial charge in [0, 0.05) is 42.3 Å². The molecule has 0 atom stereocenters. The van der Waals surface area contributed by atoms with Gasteiger partial charge in [0.1, 0.15) is 23.7 Å². The van der Waals surface area contributed by atoms with E-state index in [2.05, 4.69) is 9.88 Å². The summed E-state index contributed by atoms with van der Waals surface area (Å²) in [6, 6.07) is 11.8. The topological polar surface area (TPSA) is 129 Å². The van der Waals surface area contributed by atoms with E-state index in [1.165, 1.54) is 24.1 Å². The maximum absolute atomic E-state index is 11.7. The summed E-state index contributed by atoms with van der Waals surface area (Å²) in [6.07, 6.45) is 5.44. The van der Waals surface area contributed by atoms with Gasteiger partial charge in [-0.3, -0.25) is 9.78 Å². The molecule has 4 rings (SSSR count). The average molecular weight is 493 g/mol. The Balaban J connectivity index is 1.66. The van der Waals surface area contributed by atoms with Crippen LogP contribution in [0.3, 0.4) is 0 Å². The third kappa shape index (κ3) is 6.14. The van der Waals surface area contributed by atoms with Gasteiger partial charge in [0.2, 0.25) is 0 Å². The van der Waals surface area contributed by atoms with Gasteiger partial charge in [-0.05, 0) is 43.9 Å². The number of benzene rings is 2. The standard InChI is InChI=1S/C26H32N6O4/c1-4-36-26(33)16-31(28)15-22(27)25-13-29-23-8-7-18(11-24(23)30-25)32(14-17-5-6-17)19-9-20(34-2)12-21(10-19)35-3/h7-13,15,17H,4-6,14,16,27-28H2,1-3H3/b22-15-. The quantitative estimate of drug-likeness (QED) is 0.234. The summed E-state index contributed by atoms with van der Waals surface area (Å²) in [5.74, 6) is 7.52. The maximum Gasteiger partial charge on any atom is 0.327 e. The van der Waals surface area contributed by atoms with E-state index in [0.29, 0.717) is 17.1 Å². The monoisotopic (exact) mass is 492 g/mol. The summed E-state index contributed by atoms with van der Waals surface area (Å²) < 4.78 is 15.9. The van der Waals surface area contributed by atoms with Gasteiger partial charge in [-0.2, -0.15) is 0 Å². The molecule has 1 fully saturated rings. The van der Waals surface area contributed by atoms with Crippen molar-refractivity contribution < 1.29 is 19.0 Å². The fourth-order valence-electron chi connectivity index (χ4n) is 3.82. The second-order valence-corrected chi connectivity index (χ2v) is 8.61. The van der Waals surface area contributed by atoms with Gasteiger partial charge in [-0.25, -0.2) is 10.8 Å². The third-order valence-corrected chi connectivity index (χ3v) is 5.84. The molecule has 0 unspecified atom stereocenters. The zero-order chi connectivity index (χ0) is 25.7. The van der Waals surface area contributed by atoms with E-state index >= 15 is 0 Å². The highest BCUT2D eigenvalue weighted by Gasteiger charge is 2.26. The molecule has 0 bridgehead atoms. The molecule has 3 aromatic rings. The zero-order valence-corrected chi connectivity index (χ0v) is 20.8. The first-order valence-corrected chi connectivity index (χ1v) is 11.8. The third-order valence-electron chi connectivity index (χ3n) is 5.84. The van der Waals surface area contributed by atoms with Crippen molar-refractivity contribution >= 4 is 34.1 Å². The summed E-state index contributed by atoms with van der Waals surface area (Å²) >= 11 is 0. The molecule has 0 amide bonds. The van der Waals surface area contributed by atoms with Crippen LogP contribution in [0.15, 0.2) is 48.8 Å². The first-order chi connectivity index (χ1) is 17.4. The number of nitrogens with two attached hydrogens (primary N) is 2. The van der Waals surface area contributed by atoms with Crippen LogP contribution in [0.5, 0.6) is 11.5 Å². The van der Waals surface area contributed by atoms with Crippen molar-refractivity contribution in [2.75, 3.05) is 38.8 Å². The number of anilines is 2. The number of hydrogen-bond acceptors (Lipinski definition) is 10. The van der Waals surface area contributed by atoms with Gasteiger partial charge in [-0.1, -0.05) is 0 Å². The Morgan fingerprint density at radius 1 is 1.08 bits per heavy atom. The minimum Gasteiger partial charge on any atom is -0.497 e. The van der Waals surface area contributed by atoms with Crippen LogP contribution in [0.2, 0.25) is 0 Å². The average Bonchev–Trinajstić information content (AvgIpc) is 3.70. The molecule has 0 spiro atoms. The highest BCUT2D eigenvalue weighted by molar-refractivity contribution is 5.82. The lowest BCUT2D eigenvalue weighted by molar-refractivity contribution is -0.143. The molecule has 0 saturated heterocycles. The number of ether oxygens (including phenoxy) is 3. The van der Waals surface area contributed by atoms with Gasteiger partial charge in [-0.15, -0.1) is 0 Å². The first kappa shape index (κ1) is 25.1. The van der Waals surface area contributed by atoms with Crippen molar-refractivity contribution in [3.8, 4) is 11.5 Å². The van der Waals surface area contributed by atoms with E-state index in [1.807, 2.05) is 36.4 Å². The van der Waals surface area contributed by atoms with Crippen LogP contribution >= 0.6 is 0 Å². The Morgan fingerprint density at radius 3 is 2.44 bits per heavy atom. The van der Waals surface area contributed by atoms with Gasteiger partial charge in [0.15, 0.2) is 0 Å². The van der Waals surface area contributed by atoms with Gasteiger partial charge in [0.05, 0.1) is 43.8 Å². The number of hydrazine groups is 1. The van der Waals surface area contributed by atoms with Gasteiger partial charge >= 0.3 is 5.97 Å². The Kier molecular flexibility index (Phi) is 7.74. The zero-order valence-electron chi connectivity index (χ0n) is 20.8. The van der Waals surface area contributed by atoms with E-state index in [0.717, 1.165) is 34.9 Å². The largest absolute Gasteiger partial charge is 0.497 e. The Labute approximate surface area is 210 Å². The fraction of sp³-hybridized carbons (Fsp3) is 0.346. The van der Waals surface area contributed by atoms with Gasteiger partial charge < -0.3 is 29.9 Å². The highest BCUT2D eigenvalue weighted by atomic mass is 16.5. The molecule has 1 heterocycles. The molecule has 0 aliphatic heterocycles. The van der Waals surface area contributed by atoms with E-state index in [1.54, 1.807) is 27.3 Å². The second kappa shape index (κ2) is 11.1. The molecule has 2 aromatic carbocycles. The van der Waals surface area contributed by atoms with Crippen LogP contribution in [0.25, 0.3) is 16.7 Å². The van der Waals surface area contributed by atoms with Crippen LogP contribution in [-0.4, -0.2) is 54.9 Å². The van der Waals surface area contributed by atoms with E-state index in [9.17, 15) is 4.79 Å². The Hall–Kier alpha value is -4.05. The molecule has 4 N–H and O–H groups in total. The van der Waals surface area contributed by atoms with Gasteiger partial charge in [0.25, 0.3) is 0 Å². The van der Waals surface area contributed by atoms with Crippen LogP contribution < -0.4 is 25.9 Å². The molecule has 10 nitrogen and oxygen atoms in total. The van der Waals surface area contributed by atoms with Crippen LogP contribution in [0.1, 0.15) is 25.5 Å². The molecule has 36 heavy (non-hydrogen) atoms. The lowest BCUT2D eigenvalue weighted by Crippen LogP contribution is -2.33. The van der Waals surface area contributed by atoms with Crippen molar-refractivity contribution in [3.63, 3.8) is 0 Å². The summed E-state index contributed by atoms with van der Waals surface area (Å²) in [5.41, 5.74) is 10.3. The van der Waals surface area contributed by atoms with Crippen molar-refractivity contribution in [3.05, 3.63) is 54.5 Å². The Morgan fingerprint density at radius 2 is 1.81 bits per heavy atom. The molecule has 190 valence electrons. The number of hydrogen-bond donors (Lipinski definition) is 2. The summed E-state index contributed by atoms with van der Waals surface area (Å²) in [4.78, 5) is 23.1. The predicted octanol–water partition coefficient (Wildman–Crippen LogP) is 3.19. The number of methoxy groups -OCH3 is 2. The van der Waals surface area contributed by atoms with Crippen LogP contribution in [0, 0.1) is 5.92 Å². The SMILES string of the molecule is CCOC(=O)CN(N)/C=C(\N)c1cnc2ccc(N(CC3CC3)c3cc(OC)cc(OC)c3)cc2n1. The minimum atomic E-state index is -0.441. The van der Waals surface area contributed by atoms with E-state index in [4.69, 9.17) is 30.8 Å². The number of fused-ring (bicyclic) bond motifs is 1. The lowest BCUT2D eigenvalue weighted by atomic mass is 10.1. The number of nitrogens with zero attached hydrogens (tertiary/aromatic N) is 4. The van der Waals surface area contributed by atoms with Crippen LogP contribution in [0.4, 0.5) is 11.4 Å². The Bertz CT molecular complexity index is 1240. The van der Waals surface area contributed by atoms with Crippen LogP contribution in [-0.2, 0) is 9.53 Å². The maximum atomic E-state index is 11.7. The van der Waals surface area contributed by atoms with E-state index in [-0.39, 0.29) is 18.8 Å². The molecule has 0 radical (unpaired) electrons. The fourth-order valence-corrected chi connectivity index (χ4v) is 3.82. The molecular formula is C26H32N6O4. The van der Waals surface area contributed by atoms with E-state index < -0.39 is 5.97 Å². The molecule has 10 heteroatoms. The minimum absolute atomic E-state index is 0.125. The molecule has 1 aliphatic rings. The molecule has 1 aromatic heterocycles. The van der Waals surface area contributed by atoms with Crippen molar-refractivity contribution in [1.29, 1.82) is 0 Å². The van der Waals surface area contributed by atoms with Crippen molar-refractivity contribution in [1.82, 2.24) is 15.0 Å². The summed E-state index contributed by atoms with van der Waals surface area (Å²) in [5, 5.41) is 1.17. The first-order valence-electron chi connectivity index (χ1n) is 11.8.